The smallest absolute Gasteiger partial charge is 0.0472 e. The van der Waals surface area contributed by atoms with Crippen LogP contribution in [0.3, 0.4) is 0 Å². The number of benzene rings is 1. The molecule has 1 aromatic heterocycles. The minimum absolute atomic E-state index is 0.273. The van der Waals surface area contributed by atoms with Crippen molar-refractivity contribution in [2.45, 2.75) is 40.3 Å². The van der Waals surface area contributed by atoms with E-state index in [1.54, 1.807) is 0 Å². The van der Waals surface area contributed by atoms with Crippen LogP contribution in [0.1, 0.15) is 33.3 Å². The topological polar surface area (TPSA) is 27.8 Å². The van der Waals surface area contributed by atoms with Crippen LogP contribution in [0, 0.1) is 5.41 Å². The van der Waals surface area contributed by atoms with Gasteiger partial charge in [0.05, 0.1) is 0 Å². The molecule has 0 spiro atoms. The second-order valence-corrected chi connectivity index (χ2v) is 6.41. The van der Waals surface area contributed by atoms with Crippen LogP contribution in [-0.2, 0) is 6.54 Å². The number of rotatable bonds is 3. The Kier molecular flexibility index (Phi) is 3.69. The van der Waals surface area contributed by atoms with Gasteiger partial charge in [0.1, 0.15) is 0 Å². The maximum atomic E-state index is 5.98. The molecule has 0 amide bonds. The van der Waals surface area contributed by atoms with Crippen LogP contribution < -0.4 is 5.32 Å². The molecule has 18 heavy (non-hydrogen) atoms. The Morgan fingerprint density at radius 1 is 1.33 bits per heavy atom. The Hall–Kier alpha value is -0.990. The molecule has 1 heterocycles. The molecule has 1 atom stereocenters. The number of H-pyrrole nitrogens is 1. The van der Waals surface area contributed by atoms with Crippen molar-refractivity contribution in [1.82, 2.24) is 10.3 Å². The van der Waals surface area contributed by atoms with E-state index in [1.165, 1.54) is 10.9 Å². The van der Waals surface area contributed by atoms with Gasteiger partial charge < -0.3 is 10.3 Å². The highest BCUT2D eigenvalue weighted by atomic mass is 35.5. The molecule has 0 aliphatic heterocycles. The lowest BCUT2D eigenvalue weighted by molar-refractivity contribution is 0.285. The third-order valence-corrected chi connectivity index (χ3v) is 3.86. The molecule has 1 aromatic carbocycles. The SMILES string of the molecule is CC(NCc1c[nH]c2cc(Cl)ccc12)C(C)(C)C. The Balaban J connectivity index is 2.13. The molecule has 98 valence electrons. The van der Waals surface area contributed by atoms with Crippen molar-refractivity contribution >= 4 is 22.5 Å². The second kappa shape index (κ2) is 4.94. The van der Waals surface area contributed by atoms with Gasteiger partial charge >= 0.3 is 0 Å². The summed E-state index contributed by atoms with van der Waals surface area (Å²) in [5.41, 5.74) is 2.66. The highest BCUT2D eigenvalue weighted by molar-refractivity contribution is 6.31. The molecular formula is C15H21ClN2. The first kappa shape index (κ1) is 13.4. The molecule has 0 saturated carbocycles. The average molecular weight is 265 g/mol. The highest BCUT2D eigenvalue weighted by Gasteiger charge is 2.19. The van der Waals surface area contributed by atoms with E-state index in [0.717, 1.165) is 17.1 Å². The average Bonchev–Trinajstić information content (AvgIpc) is 2.66. The standard InChI is InChI=1S/C15H21ClN2/c1-10(15(2,3)4)17-8-11-9-18-14-7-12(16)5-6-13(11)14/h5-7,9-10,17-18H,8H2,1-4H3. The van der Waals surface area contributed by atoms with Gasteiger partial charge in [-0.3, -0.25) is 0 Å². The van der Waals surface area contributed by atoms with Gasteiger partial charge in [0.25, 0.3) is 0 Å². The van der Waals surface area contributed by atoms with Crippen LogP contribution in [0.5, 0.6) is 0 Å². The molecular weight excluding hydrogens is 244 g/mol. The Morgan fingerprint density at radius 2 is 2.06 bits per heavy atom. The highest BCUT2D eigenvalue weighted by Crippen LogP contribution is 2.23. The fourth-order valence-corrected chi connectivity index (χ4v) is 2.05. The third-order valence-electron chi connectivity index (χ3n) is 3.63. The minimum atomic E-state index is 0.273. The molecule has 0 saturated heterocycles. The van der Waals surface area contributed by atoms with E-state index >= 15 is 0 Å². The zero-order chi connectivity index (χ0) is 13.3. The van der Waals surface area contributed by atoms with Gasteiger partial charge in [-0.25, -0.2) is 0 Å². The second-order valence-electron chi connectivity index (χ2n) is 5.97. The molecule has 1 unspecified atom stereocenters. The van der Waals surface area contributed by atoms with E-state index in [4.69, 9.17) is 11.6 Å². The van der Waals surface area contributed by atoms with Gasteiger partial charge in [-0.05, 0) is 30.0 Å². The number of aromatic nitrogens is 1. The quantitative estimate of drug-likeness (QED) is 0.848. The monoisotopic (exact) mass is 264 g/mol. The van der Waals surface area contributed by atoms with Gasteiger partial charge in [0.15, 0.2) is 0 Å². The normalized spacial score (nSPS) is 14.1. The lowest BCUT2D eigenvalue weighted by Gasteiger charge is -2.28. The number of aromatic amines is 1. The maximum Gasteiger partial charge on any atom is 0.0472 e. The van der Waals surface area contributed by atoms with E-state index in [1.807, 2.05) is 12.1 Å². The lowest BCUT2D eigenvalue weighted by Crippen LogP contribution is -2.37. The van der Waals surface area contributed by atoms with E-state index in [9.17, 15) is 0 Å². The summed E-state index contributed by atoms with van der Waals surface area (Å²) < 4.78 is 0. The minimum Gasteiger partial charge on any atom is -0.361 e. The van der Waals surface area contributed by atoms with E-state index in [-0.39, 0.29) is 5.41 Å². The van der Waals surface area contributed by atoms with Crippen molar-refractivity contribution in [3.8, 4) is 0 Å². The number of halogens is 1. The van der Waals surface area contributed by atoms with Crippen molar-refractivity contribution in [3.05, 3.63) is 35.0 Å². The Bertz CT molecular complexity index is 537. The third kappa shape index (κ3) is 2.88. The summed E-state index contributed by atoms with van der Waals surface area (Å²) >= 11 is 5.98. The van der Waals surface area contributed by atoms with E-state index in [2.05, 4.69) is 50.3 Å². The fraction of sp³-hybridized carbons (Fsp3) is 0.467. The first-order valence-electron chi connectivity index (χ1n) is 6.37. The van der Waals surface area contributed by atoms with Gasteiger partial charge in [-0.15, -0.1) is 0 Å². The zero-order valence-corrected chi connectivity index (χ0v) is 12.2. The molecule has 2 N–H and O–H groups in total. The molecule has 0 radical (unpaired) electrons. The van der Waals surface area contributed by atoms with Gasteiger partial charge in [0.2, 0.25) is 0 Å². The van der Waals surface area contributed by atoms with Crippen LogP contribution >= 0.6 is 11.6 Å². The molecule has 2 nitrogen and oxygen atoms in total. The van der Waals surface area contributed by atoms with Crippen LogP contribution in [0.15, 0.2) is 24.4 Å². The van der Waals surface area contributed by atoms with Crippen LogP contribution in [0.25, 0.3) is 10.9 Å². The maximum absolute atomic E-state index is 5.98. The predicted octanol–water partition coefficient (Wildman–Crippen LogP) is 4.35. The Morgan fingerprint density at radius 3 is 2.72 bits per heavy atom. The summed E-state index contributed by atoms with van der Waals surface area (Å²) in [6, 6.07) is 6.45. The Labute approximate surface area is 114 Å². The largest absolute Gasteiger partial charge is 0.361 e. The summed E-state index contributed by atoms with van der Waals surface area (Å²) in [5, 5.41) is 5.59. The molecule has 0 aliphatic carbocycles. The molecule has 0 bridgehead atoms. The summed E-state index contributed by atoms with van der Waals surface area (Å²) in [4.78, 5) is 3.27. The lowest BCUT2D eigenvalue weighted by atomic mass is 9.88. The number of fused-ring (bicyclic) bond motifs is 1. The summed E-state index contributed by atoms with van der Waals surface area (Å²) in [6.45, 7) is 9.85. The van der Waals surface area contributed by atoms with Gasteiger partial charge in [-0.1, -0.05) is 38.4 Å². The first-order valence-corrected chi connectivity index (χ1v) is 6.74. The van der Waals surface area contributed by atoms with Crippen molar-refractivity contribution in [1.29, 1.82) is 0 Å². The molecule has 0 aliphatic rings. The summed E-state index contributed by atoms with van der Waals surface area (Å²) in [6.07, 6.45) is 2.06. The van der Waals surface area contributed by atoms with Crippen molar-refractivity contribution in [2.24, 2.45) is 5.41 Å². The fourth-order valence-electron chi connectivity index (χ4n) is 1.87. The molecule has 2 aromatic rings. The number of hydrogen-bond acceptors (Lipinski definition) is 1. The van der Waals surface area contributed by atoms with Crippen molar-refractivity contribution in [3.63, 3.8) is 0 Å². The molecule has 2 rings (SSSR count). The van der Waals surface area contributed by atoms with Crippen LogP contribution in [-0.4, -0.2) is 11.0 Å². The summed E-state index contributed by atoms with van der Waals surface area (Å²) in [5.74, 6) is 0. The zero-order valence-electron chi connectivity index (χ0n) is 11.5. The van der Waals surface area contributed by atoms with Gasteiger partial charge in [-0.2, -0.15) is 0 Å². The molecule has 3 heteroatoms. The van der Waals surface area contributed by atoms with E-state index < -0.39 is 0 Å². The number of nitrogens with one attached hydrogen (secondary N) is 2. The molecule has 0 fully saturated rings. The van der Waals surface area contributed by atoms with Crippen LogP contribution in [0.2, 0.25) is 5.02 Å². The van der Waals surface area contributed by atoms with Crippen LogP contribution in [0.4, 0.5) is 0 Å². The summed E-state index contributed by atoms with van der Waals surface area (Å²) in [7, 11) is 0. The van der Waals surface area contributed by atoms with E-state index in [0.29, 0.717) is 6.04 Å². The van der Waals surface area contributed by atoms with Crippen molar-refractivity contribution in [2.75, 3.05) is 0 Å². The van der Waals surface area contributed by atoms with Gasteiger partial charge in [0, 0.05) is 34.7 Å². The number of hydrogen-bond donors (Lipinski definition) is 2. The first-order chi connectivity index (χ1) is 8.38. The van der Waals surface area contributed by atoms with Crippen molar-refractivity contribution < 1.29 is 0 Å². The predicted molar refractivity (Wildman–Crippen MR) is 79.1 cm³/mol.